The van der Waals surface area contributed by atoms with Gasteiger partial charge >= 0.3 is 0 Å². The Hall–Kier alpha value is -2.65. The maximum Gasteiger partial charge on any atom is 0.250 e. The number of rotatable bonds is 6. The van der Waals surface area contributed by atoms with E-state index in [0.717, 1.165) is 11.3 Å². The molecule has 11 heteroatoms. The van der Waals surface area contributed by atoms with Crippen molar-refractivity contribution in [2.75, 3.05) is 41.9 Å². The van der Waals surface area contributed by atoms with E-state index in [9.17, 15) is 0 Å². The average molecular weight is 493 g/mol. The van der Waals surface area contributed by atoms with Gasteiger partial charge in [-0.15, -0.1) is 0 Å². The molecule has 2 N–H and O–H groups in total. The average Bonchev–Trinajstić information content (AvgIpc) is 2.78. The fourth-order valence-electron chi connectivity index (χ4n) is 2.94. The lowest BCUT2D eigenvalue weighted by Crippen LogP contribution is -2.37. The second-order valence-corrected chi connectivity index (χ2v) is 8.26. The zero-order valence-corrected chi connectivity index (χ0v) is 19.4. The normalized spacial score (nSPS) is 14.1. The van der Waals surface area contributed by atoms with E-state index in [4.69, 9.17) is 39.5 Å². The lowest BCUT2D eigenvalue weighted by Gasteiger charge is -2.27. The molecule has 1 aliphatic rings. The van der Waals surface area contributed by atoms with Crippen molar-refractivity contribution in [2.24, 2.45) is 5.10 Å². The van der Waals surface area contributed by atoms with E-state index in [1.807, 2.05) is 30.0 Å². The molecular weight excluding hydrogens is 473 g/mol. The molecule has 3 aromatic rings. The second-order valence-electron chi connectivity index (χ2n) is 7.01. The van der Waals surface area contributed by atoms with E-state index in [-0.39, 0.29) is 5.95 Å². The molecule has 1 fully saturated rings. The Morgan fingerprint density at radius 3 is 2.50 bits per heavy atom. The third-order valence-corrected chi connectivity index (χ3v) is 5.65. The Morgan fingerprint density at radius 2 is 1.75 bits per heavy atom. The van der Waals surface area contributed by atoms with Gasteiger partial charge in [-0.3, -0.25) is 0 Å². The lowest BCUT2D eigenvalue weighted by atomic mass is 10.2. The second kappa shape index (κ2) is 10.3. The van der Waals surface area contributed by atoms with Gasteiger partial charge < -0.3 is 15.0 Å². The van der Waals surface area contributed by atoms with Crippen molar-refractivity contribution in [3.63, 3.8) is 0 Å². The van der Waals surface area contributed by atoms with Gasteiger partial charge in [0.15, 0.2) is 0 Å². The van der Waals surface area contributed by atoms with E-state index in [2.05, 4.69) is 30.8 Å². The minimum atomic E-state index is 0.281. The molecule has 1 aromatic heterocycles. The van der Waals surface area contributed by atoms with Crippen LogP contribution in [0, 0.1) is 6.92 Å². The number of aryl methyl sites for hydroxylation is 1. The van der Waals surface area contributed by atoms with Gasteiger partial charge in [-0.2, -0.15) is 20.1 Å². The van der Waals surface area contributed by atoms with Gasteiger partial charge in [0, 0.05) is 34.4 Å². The van der Waals surface area contributed by atoms with E-state index < -0.39 is 0 Å². The number of benzene rings is 2. The van der Waals surface area contributed by atoms with Gasteiger partial charge in [-0.05, 0) is 36.8 Å². The summed E-state index contributed by atoms with van der Waals surface area (Å²) >= 11 is 18.4. The molecule has 4 rings (SSSR count). The number of nitrogens with one attached hydrogen (secondary N) is 2. The van der Waals surface area contributed by atoms with Crippen LogP contribution in [0.4, 0.5) is 23.5 Å². The Balaban J connectivity index is 1.58. The van der Waals surface area contributed by atoms with Crippen LogP contribution in [0.3, 0.4) is 0 Å². The summed E-state index contributed by atoms with van der Waals surface area (Å²) in [6.45, 7) is 4.53. The van der Waals surface area contributed by atoms with Gasteiger partial charge in [-0.25, -0.2) is 5.43 Å². The van der Waals surface area contributed by atoms with Crippen LogP contribution in [0.25, 0.3) is 0 Å². The van der Waals surface area contributed by atoms with Crippen LogP contribution >= 0.6 is 34.8 Å². The highest BCUT2D eigenvalue weighted by Gasteiger charge is 2.17. The van der Waals surface area contributed by atoms with Crippen LogP contribution in [0.2, 0.25) is 15.1 Å². The van der Waals surface area contributed by atoms with Crippen molar-refractivity contribution in [2.45, 2.75) is 6.92 Å². The smallest absolute Gasteiger partial charge is 0.250 e. The molecule has 0 bridgehead atoms. The summed E-state index contributed by atoms with van der Waals surface area (Å²) in [5.41, 5.74) is 5.31. The monoisotopic (exact) mass is 491 g/mol. The fourth-order valence-corrected chi connectivity index (χ4v) is 3.58. The summed E-state index contributed by atoms with van der Waals surface area (Å²) < 4.78 is 5.43. The summed E-state index contributed by atoms with van der Waals surface area (Å²) in [6, 6.07) is 10.8. The molecule has 0 radical (unpaired) electrons. The molecule has 2 aromatic carbocycles. The highest BCUT2D eigenvalue weighted by Crippen LogP contribution is 2.24. The molecular formula is C21H20Cl3N7O. The molecule has 0 saturated carbocycles. The highest BCUT2D eigenvalue weighted by atomic mass is 35.5. The largest absolute Gasteiger partial charge is 0.378 e. The van der Waals surface area contributed by atoms with Crippen LogP contribution in [-0.4, -0.2) is 47.5 Å². The Kier molecular flexibility index (Phi) is 7.26. The summed E-state index contributed by atoms with van der Waals surface area (Å²) in [5, 5.41) is 9.10. The molecule has 1 saturated heterocycles. The van der Waals surface area contributed by atoms with Crippen molar-refractivity contribution in [3.8, 4) is 0 Å². The summed E-state index contributed by atoms with van der Waals surface area (Å²) in [4.78, 5) is 15.5. The Morgan fingerprint density at radius 1 is 0.969 bits per heavy atom. The first-order valence-electron chi connectivity index (χ1n) is 9.84. The number of anilines is 4. The van der Waals surface area contributed by atoms with Gasteiger partial charge in [0.2, 0.25) is 17.8 Å². The number of aromatic nitrogens is 3. The predicted molar refractivity (Wildman–Crippen MR) is 130 cm³/mol. The SMILES string of the molecule is Cc1ccc(Nc2nc(N/N=C/c3ccc(Cl)cc3Cl)nc(N3CCOCC3)n2)cc1Cl. The van der Waals surface area contributed by atoms with Crippen LogP contribution in [0.15, 0.2) is 41.5 Å². The maximum atomic E-state index is 6.25. The van der Waals surface area contributed by atoms with Gasteiger partial charge in [-0.1, -0.05) is 46.9 Å². The molecule has 166 valence electrons. The van der Waals surface area contributed by atoms with E-state index >= 15 is 0 Å². The van der Waals surface area contributed by atoms with E-state index in [1.54, 1.807) is 24.4 Å². The zero-order valence-electron chi connectivity index (χ0n) is 17.1. The first-order chi connectivity index (χ1) is 15.5. The summed E-state index contributed by atoms with van der Waals surface area (Å²) in [6.07, 6.45) is 1.57. The Labute approximate surface area is 200 Å². The van der Waals surface area contributed by atoms with Crippen molar-refractivity contribution < 1.29 is 4.74 Å². The molecule has 0 spiro atoms. The summed E-state index contributed by atoms with van der Waals surface area (Å²) in [5.74, 6) is 1.17. The number of morpholine rings is 1. The first-order valence-corrected chi connectivity index (χ1v) is 11.0. The quantitative estimate of drug-likeness (QED) is 0.363. The van der Waals surface area contributed by atoms with E-state index in [0.29, 0.717) is 58.8 Å². The molecule has 32 heavy (non-hydrogen) atoms. The molecule has 0 amide bonds. The van der Waals surface area contributed by atoms with Crippen molar-refractivity contribution >= 4 is 64.5 Å². The highest BCUT2D eigenvalue weighted by molar-refractivity contribution is 6.36. The lowest BCUT2D eigenvalue weighted by molar-refractivity contribution is 0.122. The van der Waals surface area contributed by atoms with Crippen LogP contribution in [-0.2, 0) is 4.74 Å². The molecule has 2 heterocycles. The van der Waals surface area contributed by atoms with Crippen molar-refractivity contribution in [1.82, 2.24) is 15.0 Å². The van der Waals surface area contributed by atoms with Crippen LogP contribution in [0.5, 0.6) is 0 Å². The number of hydrazone groups is 1. The number of nitrogens with zero attached hydrogens (tertiary/aromatic N) is 5. The van der Waals surface area contributed by atoms with Crippen molar-refractivity contribution in [3.05, 3.63) is 62.6 Å². The minimum absolute atomic E-state index is 0.281. The van der Waals surface area contributed by atoms with Gasteiger partial charge in [0.1, 0.15) is 0 Å². The fraction of sp³-hybridized carbons (Fsp3) is 0.238. The van der Waals surface area contributed by atoms with Gasteiger partial charge in [0.25, 0.3) is 0 Å². The number of ether oxygens (including phenoxy) is 1. The topological polar surface area (TPSA) is 87.6 Å². The third kappa shape index (κ3) is 5.77. The number of hydrogen-bond donors (Lipinski definition) is 2. The summed E-state index contributed by atoms with van der Waals surface area (Å²) in [7, 11) is 0. The maximum absolute atomic E-state index is 6.25. The number of halogens is 3. The molecule has 0 aliphatic carbocycles. The first kappa shape index (κ1) is 22.5. The minimum Gasteiger partial charge on any atom is -0.378 e. The molecule has 0 atom stereocenters. The zero-order chi connectivity index (χ0) is 22.5. The predicted octanol–water partition coefficient (Wildman–Crippen LogP) is 5.17. The van der Waals surface area contributed by atoms with E-state index in [1.165, 1.54) is 0 Å². The molecule has 8 nitrogen and oxygen atoms in total. The standard InChI is InChI=1S/C21H20Cl3N7O/c1-13-2-5-16(11-17(13)23)26-19-27-20(29-21(28-19)31-6-8-32-9-7-31)30-25-12-14-3-4-15(22)10-18(14)24/h2-5,10-12H,6-9H2,1H3,(H2,26,27,28,29,30)/b25-12+. The van der Waals surface area contributed by atoms with Crippen LogP contribution < -0.4 is 15.6 Å². The Bertz CT molecular complexity index is 1140. The van der Waals surface area contributed by atoms with Gasteiger partial charge in [0.05, 0.1) is 24.5 Å². The van der Waals surface area contributed by atoms with Crippen molar-refractivity contribution in [1.29, 1.82) is 0 Å². The third-order valence-electron chi connectivity index (χ3n) is 4.68. The molecule has 1 aliphatic heterocycles. The molecule has 0 unspecified atom stereocenters. The number of hydrogen-bond acceptors (Lipinski definition) is 8. The van der Waals surface area contributed by atoms with Crippen LogP contribution in [0.1, 0.15) is 11.1 Å².